The highest BCUT2D eigenvalue weighted by Gasteiger charge is 2.30. The number of methoxy groups -OCH3 is 1. The molecule has 1 amide bonds. The molecule has 3 N–H and O–H groups in total. The van der Waals surface area contributed by atoms with Gasteiger partial charge in [-0.2, -0.15) is 5.10 Å². The number of ether oxygens (including phenoxy) is 1. The van der Waals surface area contributed by atoms with Crippen molar-refractivity contribution < 1.29 is 14.6 Å². The van der Waals surface area contributed by atoms with Gasteiger partial charge in [0.25, 0.3) is 5.91 Å². The van der Waals surface area contributed by atoms with Gasteiger partial charge in [-0.25, -0.2) is 0 Å². The molecule has 8 nitrogen and oxygen atoms in total. The van der Waals surface area contributed by atoms with Crippen LogP contribution in [-0.4, -0.2) is 57.3 Å². The van der Waals surface area contributed by atoms with E-state index in [0.29, 0.717) is 24.8 Å². The first-order valence-corrected chi connectivity index (χ1v) is 11.2. The highest BCUT2D eigenvalue weighted by molar-refractivity contribution is 5.94. The Hall–Kier alpha value is -3.07. The van der Waals surface area contributed by atoms with Gasteiger partial charge in [0.15, 0.2) is 0 Å². The second-order valence-electron chi connectivity index (χ2n) is 8.66. The molecular weight excluding hydrogens is 418 g/mol. The van der Waals surface area contributed by atoms with Crippen LogP contribution in [0.25, 0.3) is 0 Å². The number of pyridine rings is 1. The number of aliphatic hydroxyl groups excluding tert-OH is 1. The monoisotopic (exact) mass is 449 g/mol. The molecule has 8 heteroatoms. The van der Waals surface area contributed by atoms with E-state index in [1.54, 1.807) is 31.5 Å². The number of aromatic nitrogens is 3. The Bertz CT molecular complexity index is 1040. The van der Waals surface area contributed by atoms with Crippen molar-refractivity contribution in [1.82, 2.24) is 25.4 Å². The summed E-state index contributed by atoms with van der Waals surface area (Å²) in [7, 11) is 3.41. The molecule has 3 heterocycles. The minimum absolute atomic E-state index is 0.0279. The first kappa shape index (κ1) is 23.1. The number of nitrogens with one attached hydrogen (secondary N) is 2. The number of H-pyrrole nitrogens is 1. The second kappa shape index (κ2) is 10.7. The van der Waals surface area contributed by atoms with Gasteiger partial charge in [0.05, 0.1) is 30.6 Å². The Morgan fingerprint density at radius 3 is 2.82 bits per heavy atom. The lowest BCUT2D eigenvalue weighted by Gasteiger charge is -2.20. The van der Waals surface area contributed by atoms with E-state index in [2.05, 4.69) is 20.5 Å². The maximum Gasteiger partial charge on any atom is 0.253 e. The van der Waals surface area contributed by atoms with Gasteiger partial charge >= 0.3 is 0 Å². The Morgan fingerprint density at radius 1 is 1.27 bits per heavy atom. The maximum absolute atomic E-state index is 12.8. The summed E-state index contributed by atoms with van der Waals surface area (Å²) >= 11 is 0. The number of carbonyl (C=O) groups is 1. The molecule has 174 valence electrons. The van der Waals surface area contributed by atoms with Crippen molar-refractivity contribution in [1.29, 1.82) is 0 Å². The van der Waals surface area contributed by atoms with Crippen molar-refractivity contribution in [3.8, 4) is 0 Å². The molecule has 1 saturated heterocycles. The molecule has 1 aliphatic heterocycles. The average Bonchev–Trinajstić information content (AvgIpc) is 3.49. The van der Waals surface area contributed by atoms with Crippen LogP contribution in [0.5, 0.6) is 0 Å². The van der Waals surface area contributed by atoms with E-state index in [1.165, 1.54) is 5.56 Å². The molecule has 1 aliphatic rings. The fourth-order valence-electron chi connectivity index (χ4n) is 4.37. The van der Waals surface area contributed by atoms with Crippen molar-refractivity contribution in [2.24, 2.45) is 0 Å². The highest BCUT2D eigenvalue weighted by Crippen LogP contribution is 2.26. The number of hydrogen-bond acceptors (Lipinski definition) is 6. The molecule has 0 saturated carbocycles. The van der Waals surface area contributed by atoms with E-state index in [1.807, 2.05) is 42.5 Å². The van der Waals surface area contributed by atoms with Gasteiger partial charge in [0, 0.05) is 49.8 Å². The molecule has 1 aromatic carbocycles. The number of rotatable bonds is 9. The van der Waals surface area contributed by atoms with Gasteiger partial charge in [-0.15, -0.1) is 0 Å². The third-order valence-electron chi connectivity index (χ3n) is 6.10. The Labute approximate surface area is 194 Å². The minimum atomic E-state index is -0.556. The molecule has 0 aliphatic carbocycles. The van der Waals surface area contributed by atoms with E-state index in [-0.39, 0.29) is 11.9 Å². The van der Waals surface area contributed by atoms with Crippen molar-refractivity contribution in [2.45, 2.75) is 50.6 Å². The average molecular weight is 450 g/mol. The summed E-state index contributed by atoms with van der Waals surface area (Å²) in [6.07, 6.45) is 5.65. The van der Waals surface area contributed by atoms with E-state index >= 15 is 0 Å². The predicted octanol–water partition coefficient (Wildman–Crippen LogP) is 2.62. The van der Waals surface area contributed by atoms with Crippen LogP contribution in [0.2, 0.25) is 0 Å². The highest BCUT2D eigenvalue weighted by atomic mass is 16.5. The molecule has 0 radical (unpaired) electrons. The SMILES string of the molecule is COCc1cc(CN(C)C(=O)c2ccc(C[C@@H]3CC[C@H](C(O)c4cccnc4)N3)cc2)n[nH]1. The van der Waals surface area contributed by atoms with Crippen molar-refractivity contribution in [2.75, 3.05) is 14.2 Å². The normalized spacial score (nSPS) is 18.9. The van der Waals surface area contributed by atoms with E-state index < -0.39 is 6.10 Å². The predicted molar refractivity (Wildman–Crippen MR) is 124 cm³/mol. The van der Waals surface area contributed by atoms with E-state index in [4.69, 9.17) is 4.74 Å². The first-order chi connectivity index (χ1) is 16.0. The maximum atomic E-state index is 12.8. The number of aromatic amines is 1. The van der Waals surface area contributed by atoms with Gasteiger partial charge in [-0.1, -0.05) is 18.2 Å². The molecule has 2 aromatic heterocycles. The lowest BCUT2D eigenvalue weighted by molar-refractivity contribution is 0.0783. The van der Waals surface area contributed by atoms with Crippen molar-refractivity contribution in [3.05, 3.63) is 82.9 Å². The number of carbonyl (C=O) groups excluding carboxylic acids is 1. The van der Waals surface area contributed by atoms with Gasteiger partial charge in [-0.3, -0.25) is 14.9 Å². The molecule has 1 fully saturated rings. The summed E-state index contributed by atoms with van der Waals surface area (Å²) in [5, 5.41) is 21.3. The molecule has 33 heavy (non-hydrogen) atoms. The minimum Gasteiger partial charge on any atom is -0.387 e. The van der Waals surface area contributed by atoms with Crippen LogP contribution in [0.3, 0.4) is 0 Å². The molecular formula is C25H31N5O3. The smallest absolute Gasteiger partial charge is 0.253 e. The third kappa shape index (κ3) is 5.84. The molecule has 0 spiro atoms. The molecule has 3 atom stereocenters. The van der Waals surface area contributed by atoms with Crippen LogP contribution in [-0.2, 0) is 24.3 Å². The number of nitrogens with zero attached hydrogens (tertiary/aromatic N) is 3. The second-order valence-corrected chi connectivity index (χ2v) is 8.66. The van der Waals surface area contributed by atoms with Crippen LogP contribution in [0.1, 0.15) is 51.8 Å². The number of aliphatic hydroxyl groups is 1. The summed E-state index contributed by atoms with van der Waals surface area (Å²) in [5.41, 5.74) is 4.34. The quantitative estimate of drug-likeness (QED) is 0.464. The van der Waals surface area contributed by atoms with E-state index in [9.17, 15) is 9.90 Å². The number of amides is 1. The lowest BCUT2D eigenvalue weighted by atomic mass is 10.0. The Morgan fingerprint density at radius 2 is 2.09 bits per heavy atom. The number of hydrogen-bond donors (Lipinski definition) is 3. The zero-order chi connectivity index (χ0) is 23.2. The summed E-state index contributed by atoms with van der Waals surface area (Å²) in [4.78, 5) is 18.6. The van der Waals surface area contributed by atoms with Gasteiger partial charge in [0.1, 0.15) is 0 Å². The fourth-order valence-corrected chi connectivity index (χ4v) is 4.37. The molecule has 4 rings (SSSR count). The Balaban J connectivity index is 1.29. The largest absolute Gasteiger partial charge is 0.387 e. The van der Waals surface area contributed by atoms with Crippen LogP contribution in [0, 0.1) is 0 Å². The van der Waals surface area contributed by atoms with Crippen LogP contribution >= 0.6 is 0 Å². The summed E-state index contributed by atoms with van der Waals surface area (Å²) in [6.45, 7) is 0.887. The summed E-state index contributed by atoms with van der Waals surface area (Å²) in [6, 6.07) is 13.8. The number of benzene rings is 1. The standard InChI is InChI=1S/C25H31N5O3/c1-30(15-21-13-22(16-33-2)29-28-21)25(32)18-7-5-17(6-8-18)12-20-9-10-23(27-20)24(31)19-4-3-11-26-14-19/h3-8,11,13-14,20,23-24,27,31H,9-10,12,15-16H2,1-2H3,(H,28,29)/t20-,23+,24?/m0/s1. The summed E-state index contributed by atoms with van der Waals surface area (Å²) < 4.78 is 5.09. The lowest BCUT2D eigenvalue weighted by Crippen LogP contribution is -2.35. The van der Waals surface area contributed by atoms with Gasteiger partial charge < -0.3 is 20.1 Å². The van der Waals surface area contributed by atoms with Crippen LogP contribution < -0.4 is 5.32 Å². The van der Waals surface area contributed by atoms with Gasteiger partial charge in [-0.05, 0) is 49.1 Å². The molecule has 1 unspecified atom stereocenters. The van der Waals surface area contributed by atoms with Crippen molar-refractivity contribution in [3.63, 3.8) is 0 Å². The van der Waals surface area contributed by atoms with Crippen LogP contribution in [0.15, 0.2) is 54.9 Å². The van der Waals surface area contributed by atoms with Crippen LogP contribution in [0.4, 0.5) is 0 Å². The molecule has 0 bridgehead atoms. The molecule has 3 aromatic rings. The summed E-state index contributed by atoms with van der Waals surface area (Å²) in [5.74, 6) is -0.0449. The third-order valence-corrected chi connectivity index (χ3v) is 6.10. The Kier molecular flexibility index (Phi) is 7.49. The zero-order valence-corrected chi connectivity index (χ0v) is 19.1. The first-order valence-electron chi connectivity index (χ1n) is 11.2. The fraction of sp³-hybridized carbons (Fsp3) is 0.400. The van der Waals surface area contributed by atoms with Gasteiger partial charge in [0.2, 0.25) is 0 Å². The topological polar surface area (TPSA) is 103 Å². The zero-order valence-electron chi connectivity index (χ0n) is 19.1. The van der Waals surface area contributed by atoms with Crippen molar-refractivity contribution >= 4 is 5.91 Å². The van der Waals surface area contributed by atoms with E-state index in [0.717, 1.165) is 36.2 Å².